The number of hydrogen-bond acceptors (Lipinski definition) is 5. The molecule has 4 nitrogen and oxygen atoms in total. The van der Waals surface area contributed by atoms with E-state index in [0.717, 1.165) is 5.01 Å². The van der Waals surface area contributed by atoms with Gasteiger partial charge in [-0.25, -0.2) is 4.98 Å². The molecule has 0 saturated carbocycles. The van der Waals surface area contributed by atoms with Gasteiger partial charge in [0.05, 0.1) is 11.6 Å². The summed E-state index contributed by atoms with van der Waals surface area (Å²) in [6, 6.07) is 2.10. The average Bonchev–Trinajstić information content (AvgIpc) is 2.47. The Morgan fingerprint density at radius 2 is 2.46 bits per heavy atom. The van der Waals surface area contributed by atoms with E-state index in [2.05, 4.69) is 16.4 Å². The maximum absolute atomic E-state index is 8.74. The normalized spacial score (nSPS) is 9.62. The van der Waals surface area contributed by atoms with Crippen LogP contribution >= 0.6 is 11.3 Å². The summed E-state index contributed by atoms with van der Waals surface area (Å²) in [5.41, 5.74) is 0. The van der Waals surface area contributed by atoms with Crippen molar-refractivity contribution in [2.75, 3.05) is 25.6 Å². The molecule has 0 saturated heterocycles. The predicted octanol–water partition coefficient (Wildman–Crippen LogP) is 1.38. The molecule has 0 fully saturated rings. The quantitative estimate of drug-likeness (QED) is 0.741. The third-order valence-electron chi connectivity index (χ3n) is 1.43. The third kappa shape index (κ3) is 2.68. The minimum atomic E-state index is 0.613. The summed E-state index contributed by atoms with van der Waals surface area (Å²) in [6.45, 7) is 3.17. The molecule has 0 amide bonds. The summed E-state index contributed by atoms with van der Waals surface area (Å²) in [4.78, 5) is 4.82. The van der Waals surface area contributed by atoms with E-state index in [1.807, 2.05) is 6.92 Å². The molecule has 70 valence electrons. The van der Waals surface area contributed by atoms with Gasteiger partial charge in [-0.15, -0.1) is 11.3 Å². The van der Waals surface area contributed by atoms with Crippen LogP contribution in [0.15, 0.2) is 0 Å². The van der Waals surface area contributed by atoms with Crippen molar-refractivity contribution in [3.8, 4) is 6.07 Å². The van der Waals surface area contributed by atoms with Crippen LogP contribution in [0.5, 0.6) is 0 Å². The fourth-order valence-corrected chi connectivity index (χ4v) is 1.59. The molecule has 1 heterocycles. The monoisotopic (exact) mass is 197 g/mol. The van der Waals surface area contributed by atoms with Crippen LogP contribution in [-0.2, 0) is 4.74 Å². The molecule has 0 unspecified atom stereocenters. The highest BCUT2D eigenvalue weighted by molar-refractivity contribution is 7.12. The van der Waals surface area contributed by atoms with Gasteiger partial charge in [-0.05, 0) is 6.92 Å². The van der Waals surface area contributed by atoms with Crippen LogP contribution in [0.25, 0.3) is 0 Å². The first kappa shape index (κ1) is 9.96. The molecule has 0 spiro atoms. The van der Waals surface area contributed by atoms with Crippen LogP contribution in [0.1, 0.15) is 9.88 Å². The van der Waals surface area contributed by atoms with Gasteiger partial charge in [-0.1, -0.05) is 0 Å². The van der Waals surface area contributed by atoms with Crippen LogP contribution in [0.4, 0.5) is 5.82 Å². The van der Waals surface area contributed by atoms with Crippen LogP contribution in [0, 0.1) is 18.3 Å². The molecular weight excluding hydrogens is 186 g/mol. The van der Waals surface area contributed by atoms with Crippen molar-refractivity contribution in [2.24, 2.45) is 0 Å². The van der Waals surface area contributed by atoms with Crippen molar-refractivity contribution in [2.45, 2.75) is 6.92 Å². The molecule has 1 N–H and O–H groups in total. The Balaban J connectivity index is 2.60. The molecular formula is C8H11N3OS. The van der Waals surface area contributed by atoms with Crippen molar-refractivity contribution in [1.82, 2.24) is 4.98 Å². The predicted molar refractivity (Wildman–Crippen MR) is 51.9 cm³/mol. The van der Waals surface area contributed by atoms with Crippen LogP contribution in [-0.4, -0.2) is 25.2 Å². The van der Waals surface area contributed by atoms with E-state index in [1.165, 1.54) is 11.3 Å². The molecule has 0 atom stereocenters. The van der Waals surface area contributed by atoms with E-state index >= 15 is 0 Å². The SMILES string of the molecule is COCCNc1nc(C)sc1C#N. The molecule has 5 heteroatoms. The summed E-state index contributed by atoms with van der Waals surface area (Å²) < 4.78 is 4.87. The Kier molecular flexibility index (Phi) is 3.68. The van der Waals surface area contributed by atoms with Gasteiger partial charge >= 0.3 is 0 Å². The molecule has 1 aromatic rings. The number of aryl methyl sites for hydroxylation is 1. The van der Waals surface area contributed by atoms with Gasteiger partial charge < -0.3 is 10.1 Å². The van der Waals surface area contributed by atoms with Gasteiger partial charge in [0.1, 0.15) is 10.9 Å². The Morgan fingerprint density at radius 1 is 1.69 bits per heavy atom. The van der Waals surface area contributed by atoms with E-state index in [-0.39, 0.29) is 0 Å². The lowest BCUT2D eigenvalue weighted by Gasteiger charge is -2.00. The van der Waals surface area contributed by atoms with Crippen molar-refractivity contribution in [3.63, 3.8) is 0 Å². The molecule has 1 aromatic heterocycles. The second kappa shape index (κ2) is 4.80. The maximum atomic E-state index is 8.74. The number of aromatic nitrogens is 1. The molecule has 13 heavy (non-hydrogen) atoms. The van der Waals surface area contributed by atoms with Crippen molar-refractivity contribution in [1.29, 1.82) is 5.26 Å². The minimum absolute atomic E-state index is 0.613. The third-order valence-corrected chi connectivity index (χ3v) is 2.31. The van der Waals surface area contributed by atoms with Gasteiger partial charge in [-0.2, -0.15) is 5.26 Å². The molecule has 0 radical (unpaired) electrons. The summed E-state index contributed by atoms with van der Waals surface area (Å²) in [5.74, 6) is 0.669. The second-order valence-corrected chi connectivity index (χ2v) is 3.65. The van der Waals surface area contributed by atoms with E-state index in [0.29, 0.717) is 23.8 Å². The van der Waals surface area contributed by atoms with Gasteiger partial charge in [0.2, 0.25) is 0 Å². The minimum Gasteiger partial charge on any atom is -0.383 e. The summed E-state index contributed by atoms with van der Waals surface area (Å²) in [7, 11) is 1.64. The summed E-state index contributed by atoms with van der Waals surface area (Å²) in [5, 5.41) is 12.7. The Morgan fingerprint density at radius 3 is 3.08 bits per heavy atom. The van der Waals surface area contributed by atoms with Crippen molar-refractivity contribution in [3.05, 3.63) is 9.88 Å². The lowest BCUT2D eigenvalue weighted by atomic mass is 10.5. The number of hydrogen-bond donors (Lipinski definition) is 1. The number of anilines is 1. The Bertz CT molecular complexity index is 316. The highest BCUT2D eigenvalue weighted by Crippen LogP contribution is 2.20. The zero-order valence-electron chi connectivity index (χ0n) is 7.63. The van der Waals surface area contributed by atoms with E-state index in [9.17, 15) is 0 Å². The first-order valence-electron chi connectivity index (χ1n) is 3.88. The smallest absolute Gasteiger partial charge is 0.155 e. The van der Waals surface area contributed by atoms with Crippen molar-refractivity contribution >= 4 is 17.2 Å². The number of methoxy groups -OCH3 is 1. The standard InChI is InChI=1S/C8H11N3OS/c1-6-11-8(7(5-9)13-6)10-3-4-12-2/h10H,3-4H2,1-2H3. The topological polar surface area (TPSA) is 57.9 Å². The fourth-order valence-electron chi connectivity index (χ4n) is 0.894. The summed E-state index contributed by atoms with van der Waals surface area (Å²) in [6.07, 6.45) is 0. The lowest BCUT2D eigenvalue weighted by Crippen LogP contribution is -2.08. The maximum Gasteiger partial charge on any atom is 0.155 e. The molecule has 0 aromatic carbocycles. The van der Waals surface area contributed by atoms with Crippen LogP contribution < -0.4 is 5.32 Å². The van der Waals surface area contributed by atoms with Crippen molar-refractivity contribution < 1.29 is 4.74 Å². The van der Waals surface area contributed by atoms with E-state index in [4.69, 9.17) is 10.00 Å². The van der Waals surface area contributed by atoms with Crippen LogP contribution in [0.3, 0.4) is 0 Å². The number of nitrogens with zero attached hydrogens (tertiary/aromatic N) is 2. The van der Waals surface area contributed by atoms with E-state index in [1.54, 1.807) is 7.11 Å². The Labute approximate surface area is 81.2 Å². The zero-order valence-corrected chi connectivity index (χ0v) is 8.44. The number of rotatable bonds is 4. The molecule has 0 aliphatic rings. The highest BCUT2D eigenvalue weighted by atomic mass is 32.1. The van der Waals surface area contributed by atoms with Gasteiger partial charge in [-0.3, -0.25) is 0 Å². The molecule has 0 aliphatic heterocycles. The molecule has 0 aliphatic carbocycles. The molecule has 1 rings (SSSR count). The number of nitriles is 1. The zero-order chi connectivity index (χ0) is 9.68. The Hall–Kier alpha value is -1.12. The number of thiazole rings is 1. The number of nitrogens with one attached hydrogen (secondary N) is 1. The first-order chi connectivity index (χ1) is 6.27. The first-order valence-corrected chi connectivity index (χ1v) is 4.70. The number of ether oxygens (including phenoxy) is 1. The van der Waals surface area contributed by atoms with E-state index < -0.39 is 0 Å². The average molecular weight is 197 g/mol. The molecule has 0 bridgehead atoms. The van der Waals surface area contributed by atoms with Gasteiger partial charge in [0.25, 0.3) is 0 Å². The van der Waals surface area contributed by atoms with Gasteiger partial charge in [0, 0.05) is 13.7 Å². The van der Waals surface area contributed by atoms with Crippen LogP contribution in [0.2, 0.25) is 0 Å². The fraction of sp³-hybridized carbons (Fsp3) is 0.500. The summed E-state index contributed by atoms with van der Waals surface area (Å²) >= 11 is 1.40. The lowest BCUT2D eigenvalue weighted by molar-refractivity contribution is 0.210. The second-order valence-electron chi connectivity index (χ2n) is 2.44. The largest absolute Gasteiger partial charge is 0.383 e. The van der Waals surface area contributed by atoms with Gasteiger partial charge in [0.15, 0.2) is 5.82 Å². The highest BCUT2D eigenvalue weighted by Gasteiger charge is 2.06.